The van der Waals surface area contributed by atoms with Crippen molar-refractivity contribution < 1.29 is 9.53 Å². The van der Waals surface area contributed by atoms with Gasteiger partial charge in [0.15, 0.2) is 0 Å². The predicted molar refractivity (Wildman–Crippen MR) is 96.6 cm³/mol. The zero-order chi connectivity index (χ0) is 18.1. The van der Waals surface area contributed by atoms with Crippen LogP contribution in [0.15, 0.2) is 18.5 Å². The molecule has 2 aliphatic rings. The smallest absolute Gasteiger partial charge is 0.228 e. The van der Waals surface area contributed by atoms with Crippen LogP contribution in [0.3, 0.4) is 0 Å². The van der Waals surface area contributed by atoms with Crippen LogP contribution in [0.4, 0.5) is 0 Å². The number of imidazole rings is 1. The maximum absolute atomic E-state index is 13.1. The van der Waals surface area contributed by atoms with Crippen molar-refractivity contribution in [3.8, 4) is 0 Å². The second kappa shape index (κ2) is 7.23. The maximum atomic E-state index is 13.1. The Kier molecular flexibility index (Phi) is 4.80. The Labute approximate surface area is 153 Å². The monoisotopic (exact) mass is 357 g/mol. The van der Waals surface area contributed by atoms with Crippen LogP contribution in [-0.4, -0.2) is 50.3 Å². The highest BCUT2D eigenvalue weighted by atomic mass is 16.5. The maximum Gasteiger partial charge on any atom is 0.228 e. The van der Waals surface area contributed by atoms with Gasteiger partial charge in [0.1, 0.15) is 11.9 Å². The van der Waals surface area contributed by atoms with Crippen molar-refractivity contribution in [1.82, 2.24) is 24.6 Å². The van der Waals surface area contributed by atoms with Gasteiger partial charge in [0, 0.05) is 50.2 Å². The van der Waals surface area contributed by atoms with E-state index < -0.39 is 0 Å². The third-order valence-corrected chi connectivity index (χ3v) is 5.70. The van der Waals surface area contributed by atoms with Crippen molar-refractivity contribution in [3.05, 3.63) is 35.7 Å². The van der Waals surface area contributed by atoms with Crippen LogP contribution in [0.25, 0.3) is 0 Å². The Hall–Kier alpha value is -2.15. The number of amides is 1. The number of aryl methyl sites for hydroxylation is 2. The van der Waals surface area contributed by atoms with Crippen molar-refractivity contribution in [2.24, 2.45) is 5.92 Å². The summed E-state index contributed by atoms with van der Waals surface area (Å²) < 4.78 is 7.98. The molecule has 1 N–H and O–H groups in total. The van der Waals surface area contributed by atoms with E-state index in [0.717, 1.165) is 56.1 Å². The number of carbonyl (C=O) groups is 1. The number of ether oxygens (including phenoxy) is 1. The third kappa shape index (κ3) is 3.16. The molecule has 2 aromatic rings. The molecule has 26 heavy (non-hydrogen) atoms. The molecule has 7 nitrogen and oxygen atoms in total. The van der Waals surface area contributed by atoms with Crippen molar-refractivity contribution in [1.29, 1.82) is 0 Å². The van der Waals surface area contributed by atoms with Crippen LogP contribution in [0.2, 0.25) is 0 Å². The lowest BCUT2D eigenvalue weighted by Gasteiger charge is -2.33. The molecule has 140 valence electrons. The Balaban J connectivity index is 1.41. The van der Waals surface area contributed by atoms with E-state index in [4.69, 9.17) is 4.74 Å². The number of nitrogens with one attached hydrogen (secondary N) is 1. The van der Waals surface area contributed by atoms with Gasteiger partial charge >= 0.3 is 0 Å². The average Bonchev–Trinajstić information content (AvgIpc) is 3.40. The van der Waals surface area contributed by atoms with Crippen LogP contribution in [-0.2, 0) is 16.1 Å². The molecule has 2 fully saturated rings. The highest BCUT2D eigenvalue weighted by Gasteiger charge is 2.40. The van der Waals surface area contributed by atoms with E-state index in [0.29, 0.717) is 12.5 Å². The fourth-order valence-electron chi connectivity index (χ4n) is 4.22. The molecule has 0 aliphatic carbocycles. The molecule has 0 saturated carbocycles. The minimum Gasteiger partial charge on any atom is -0.369 e. The van der Waals surface area contributed by atoms with Crippen molar-refractivity contribution >= 4 is 5.91 Å². The van der Waals surface area contributed by atoms with Crippen LogP contribution >= 0.6 is 0 Å². The second-order valence-electron chi connectivity index (χ2n) is 7.33. The third-order valence-electron chi connectivity index (χ3n) is 5.70. The van der Waals surface area contributed by atoms with Crippen LogP contribution < -0.4 is 0 Å². The van der Waals surface area contributed by atoms with Gasteiger partial charge in [-0.25, -0.2) is 4.98 Å². The molecule has 4 heterocycles. The normalized spacial score (nSPS) is 24.3. The average molecular weight is 357 g/mol. The van der Waals surface area contributed by atoms with Gasteiger partial charge < -0.3 is 14.2 Å². The van der Waals surface area contributed by atoms with E-state index in [1.807, 2.05) is 18.0 Å². The minimum absolute atomic E-state index is 0.119. The number of H-pyrrole nitrogens is 1. The lowest BCUT2D eigenvalue weighted by Crippen LogP contribution is -2.42. The number of likely N-dealkylation sites (tertiary alicyclic amines) is 1. The van der Waals surface area contributed by atoms with Gasteiger partial charge in [-0.3, -0.25) is 9.89 Å². The molecular weight excluding hydrogens is 330 g/mol. The highest BCUT2D eigenvalue weighted by molar-refractivity contribution is 5.80. The Morgan fingerprint density at radius 2 is 2.15 bits per heavy atom. The molecule has 0 radical (unpaired) electrons. The lowest BCUT2D eigenvalue weighted by molar-refractivity contribution is -0.138. The first kappa shape index (κ1) is 17.3. The number of carbonyl (C=O) groups excluding carboxylic acids is 1. The number of nitrogens with zero attached hydrogens (tertiary/aromatic N) is 4. The number of hydrogen-bond acceptors (Lipinski definition) is 4. The zero-order valence-corrected chi connectivity index (χ0v) is 15.5. The first-order chi connectivity index (χ1) is 12.7. The van der Waals surface area contributed by atoms with Crippen molar-refractivity contribution in [2.45, 2.75) is 51.7 Å². The van der Waals surface area contributed by atoms with Gasteiger partial charge in [0.2, 0.25) is 5.91 Å². The summed E-state index contributed by atoms with van der Waals surface area (Å²) in [5.41, 5.74) is 2.22. The number of aromatic amines is 1. The topological polar surface area (TPSA) is 76.0 Å². The van der Waals surface area contributed by atoms with E-state index in [-0.39, 0.29) is 17.9 Å². The van der Waals surface area contributed by atoms with E-state index in [1.165, 1.54) is 0 Å². The molecule has 7 heteroatoms. The molecule has 0 bridgehead atoms. The van der Waals surface area contributed by atoms with E-state index in [9.17, 15) is 4.79 Å². The molecule has 2 saturated heterocycles. The minimum atomic E-state index is -0.218. The molecule has 1 amide bonds. The van der Waals surface area contributed by atoms with E-state index in [1.54, 1.807) is 6.20 Å². The standard InChI is InChI=1S/C19H27N5O2/c1-3-23-10-7-20-18(23)17-15(6-11-26-17)19(25)24-8-4-14(5-9-24)16-12-13(2)21-22-16/h7,10,12,14-15,17H,3-6,8-9,11H2,1-2H3,(H,21,22)/t15-,17-/m1/s1. The first-order valence-corrected chi connectivity index (χ1v) is 9.60. The van der Waals surface area contributed by atoms with Gasteiger partial charge in [-0.1, -0.05) is 0 Å². The quantitative estimate of drug-likeness (QED) is 0.912. The van der Waals surface area contributed by atoms with E-state index >= 15 is 0 Å². The summed E-state index contributed by atoms with van der Waals surface area (Å²) in [7, 11) is 0. The molecular formula is C19H27N5O2. The summed E-state index contributed by atoms with van der Waals surface area (Å²) in [5.74, 6) is 1.42. The molecule has 2 aromatic heterocycles. The summed E-state index contributed by atoms with van der Waals surface area (Å²) in [6, 6.07) is 2.12. The lowest BCUT2D eigenvalue weighted by atomic mass is 9.91. The fraction of sp³-hybridized carbons (Fsp3) is 0.632. The molecule has 0 aromatic carbocycles. The molecule has 0 unspecified atom stereocenters. The Bertz CT molecular complexity index is 760. The van der Waals surface area contributed by atoms with E-state index in [2.05, 4.69) is 32.7 Å². The van der Waals surface area contributed by atoms with Crippen LogP contribution in [0.1, 0.15) is 55.4 Å². The van der Waals surface area contributed by atoms with Gasteiger partial charge in [0.05, 0.1) is 11.6 Å². The Morgan fingerprint density at radius 3 is 2.85 bits per heavy atom. The van der Waals surface area contributed by atoms with Crippen molar-refractivity contribution in [3.63, 3.8) is 0 Å². The second-order valence-corrected chi connectivity index (χ2v) is 7.33. The zero-order valence-electron chi connectivity index (χ0n) is 15.5. The number of piperidine rings is 1. The number of rotatable bonds is 4. The largest absolute Gasteiger partial charge is 0.369 e. The first-order valence-electron chi connectivity index (χ1n) is 9.60. The summed E-state index contributed by atoms with van der Waals surface area (Å²) in [5, 5.41) is 7.41. The number of hydrogen-bond donors (Lipinski definition) is 1. The summed E-state index contributed by atoms with van der Waals surface area (Å²) in [6.45, 7) is 7.15. The van der Waals surface area contributed by atoms with Gasteiger partial charge in [-0.2, -0.15) is 5.10 Å². The SMILES string of the molecule is CCn1ccnc1[C@@H]1OCC[C@H]1C(=O)N1CCC(c2cc(C)[nH]n2)CC1. The molecule has 2 aliphatic heterocycles. The summed E-state index contributed by atoms with van der Waals surface area (Å²) in [4.78, 5) is 19.6. The number of aromatic nitrogens is 4. The molecule has 4 rings (SSSR count). The fourth-order valence-corrected chi connectivity index (χ4v) is 4.22. The predicted octanol–water partition coefficient (Wildman–Crippen LogP) is 2.42. The summed E-state index contributed by atoms with van der Waals surface area (Å²) >= 11 is 0. The molecule has 2 atom stereocenters. The highest BCUT2D eigenvalue weighted by Crippen LogP contribution is 2.36. The van der Waals surface area contributed by atoms with Gasteiger partial charge in [0.25, 0.3) is 0 Å². The van der Waals surface area contributed by atoms with Crippen LogP contribution in [0, 0.1) is 12.8 Å². The molecule has 0 spiro atoms. The van der Waals surface area contributed by atoms with Gasteiger partial charge in [-0.15, -0.1) is 0 Å². The van der Waals surface area contributed by atoms with Crippen LogP contribution in [0.5, 0.6) is 0 Å². The Morgan fingerprint density at radius 1 is 1.35 bits per heavy atom. The van der Waals surface area contributed by atoms with Gasteiger partial charge in [-0.05, 0) is 39.2 Å². The summed E-state index contributed by atoms with van der Waals surface area (Å²) in [6.07, 6.45) is 6.24. The van der Waals surface area contributed by atoms with Crippen molar-refractivity contribution in [2.75, 3.05) is 19.7 Å².